The third-order valence-electron chi connectivity index (χ3n) is 3.17. The van der Waals surface area contributed by atoms with Crippen molar-refractivity contribution in [2.24, 2.45) is 5.10 Å². The van der Waals surface area contributed by atoms with Gasteiger partial charge in [0.25, 0.3) is 5.91 Å². The summed E-state index contributed by atoms with van der Waals surface area (Å²) < 4.78 is 6.45. The first-order valence-electron chi connectivity index (χ1n) is 7.50. The van der Waals surface area contributed by atoms with Crippen LogP contribution in [0.4, 0.5) is 0 Å². The summed E-state index contributed by atoms with van der Waals surface area (Å²) in [6, 6.07) is 15.5. The molecule has 124 valence electrons. The number of carbonyl (C=O) groups is 1. The molecule has 0 aliphatic rings. The van der Waals surface area contributed by atoms with Gasteiger partial charge in [0.15, 0.2) is 6.61 Å². The zero-order chi connectivity index (χ0) is 17.4. The molecule has 0 aliphatic heterocycles. The van der Waals surface area contributed by atoms with Gasteiger partial charge in [-0.1, -0.05) is 52.3 Å². The van der Waals surface area contributed by atoms with Gasteiger partial charge in [-0.15, -0.1) is 0 Å². The van der Waals surface area contributed by atoms with Crippen LogP contribution in [0.2, 0.25) is 0 Å². The summed E-state index contributed by atoms with van der Waals surface area (Å²) in [4.78, 5) is 11.8. The molecule has 0 aromatic heterocycles. The average molecular weight is 387 g/mol. The minimum Gasteiger partial charge on any atom is -0.484 e. The number of hydrazone groups is 1. The molecule has 2 rings (SSSR count). The first kappa shape index (κ1) is 17.9. The van der Waals surface area contributed by atoms with Crippen molar-refractivity contribution in [2.45, 2.75) is 13.8 Å². The van der Waals surface area contributed by atoms with Gasteiger partial charge in [0, 0.05) is 4.47 Å². The van der Waals surface area contributed by atoms with Gasteiger partial charge in [0.2, 0.25) is 0 Å². The quantitative estimate of drug-likeness (QED) is 0.592. The number of hydrogen-bond donors (Lipinski definition) is 1. The fraction of sp³-hybridized carbons (Fsp3) is 0.158. The molecule has 1 N–H and O–H groups in total. The molecule has 0 saturated carbocycles. The highest BCUT2D eigenvalue weighted by Crippen LogP contribution is 2.21. The van der Waals surface area contributed by atoms with Crippen molar-refractivity contribution < 1.29 is 9.53 Å². The molecule has 0 aliphatic carbocycles. The molecule has 0 unspecified atom stereocenters. The van der Waals surface area contributed by atoms with Crippen molar-refractivity contribution in [1.82, 2.24) is 5.43 Å². The number of benzene rings is 2. The highest BCUT2D eigenvalue weighted by atomic mass is 79.9. The van der Waals surface area contributed by atoms with Crippen molar-refractivity contribution in [1.29, 1.82) is 0 Å². The van der Waals surface area contributed by atoms with Crippen molar-refractivity contribution in [2.75, 3.05) is 6.61 Å². The zero-order valence-electron chi connectivity index (χ0n) is 13.6. The molecule has 24 heavy (non-hydrogen) atoms. The van der Waals surface area contributed by atoms with Crippen LogP contribution in [0.1, 0.15) is 18.1 Å². The van der Waals surface area contributed by atoms with E-state index in [1.54, 1.807) is 0 Å². The van der Waals surface area contributed by atoms with E-state index < -0.39 is 0 Å². The largest absolute Gasteiger partial charge is 0.484 e. The molecule has 0 radical (unpaired) electrons. The van der Waals surface area contributed by atoms with Crippen LogP contribution in [-0.2, 0) is 4.79 Å². The number of nitrogens with zero attached hydrogens (tertiary/aromatic N) is 1. The maximum Gasteiger partial charge on any atom is 0.277 e. The number of allylic oxidation sites excluding steroid dienone is 1. The fourth-order valence-corrected chi connectivity index (χ4v) is 2.10. The monoisotopic (exact) mass is 386 g/mol. The maximum atomic E-state index is 11.8. The van der Waals surface area contributed by atoms with Gasteiger partial charge in [0.1, 0.15) is 5.75 Å². The smallest absolute Gasteiger partial charge is 0.277 e. The van der Waals surface area contributed by atoms with Gasteiger partial charge in [-0.3, -0.25) is 4.79 Å². The fourth-order valence-electron chi connectivity index (χ4n) is 1.86. The van der Waals surface area contributed by atoms with Gasteiger partial charge in [-0.25, -0.2) is 5.43 Å². The number of halogens is 1. The van der Waals surface area contributed by atoms with E-state index in [-0.39, 0.29) is 12.5 Å². The summed E-state index contributed by atoms with van der Waals surface area (Å²) >= 11 is 3.42. The van der Waals surface area contributed by atoms with Crippen LogP contribution in [0.15, 0.2) is 64.2 Å². The van der Waals surface area contributed by atoms with Crippen LogP contribution in [0.3, 0.4) is 0 Å². The topological polar surface area (TPSA) is 50.7 Å². The molecule has 0 fully saturated rings. The summed E-state index contributed by atoms with van der Waals surface area (Å²) in [5, 5.41) is 4.03. The number of aryl methyl sites for hydroxylation is 1. The van der Waals surface area contributed by atoms with Gasteiger partial charge in [-0.05, 0) is 49.2 Å². The van der Waals surface area contributed by atoms with E-state index in [4.69, 9.17) is 4.74 Å². The van der Waals surface area contributed by atoms with E-state index in [1.807, 2.05) is 74.5 Å². The number of ether oxygens (including phenoxy) is 1. The number of carbonyl (C=O) groups excluding carboxylic acids is 1. The number of rotatable bonds is 6. The third-order valence-corrected chi connectivity index (χ3v) is 4.06. The predicted octanol–water partition coefficient (Wildman–Crippen LogP) is 4.34. The molecular formula is C19H19BrN2O2. The highest BCUT2D eigenvalue weighted by molar-refractivity contribution is 9.10. The molecule has 0 bridgehead atoms. The Balaban J connectivity index is 1.81. The molecule has 4 nitrogen and oxygen atoms in total. The number of amides is 1. The third kappa shape index (κ3) is 6.01. The van der Waals surface area contributed by atoms with Crippen molar-refractivity contribution in [3.8, 4) is 5.75 Å². The lowest BCUT2D eigenvalue weighted by Gasteiger charge is -2.07. The summed E-state index contributed by atoms with van der Waals surface area (Å²) in [6.07, 6.45) is 3.78. The molecule has 0 atom stereocenters. The van der Waals surface area contributed by atoms with Crippen molar-refractivity contribution in [3.05, 3.63) is 70.2 Å². The second-order valence-electron chi connectivity index (χ2n) is 5.23. The first-order chi connectivity index (χ1) is 11.5. The summed E-state index contributed by atoms with van der Waals surface area (Å²) in [6.45, 7) is 3.70. The lowest BCUT2D eigenvalue weighted by molar-refractivity contribution is -0.123. The molecule has 2 aromatic carbocycles. The van der Waals surface area contributed by atoms with E-state index in [0.717, 1.165) is 15.6 Å². The minimum atomic E-state index is -0.303. The lowest BCUT2D eigenvalue weighted by atomic mass is 10.2. The van der Waals surface area contributed by atoms with Gasteiger partial charge < -0.3 is 4.74 Å². The van der Waals surface area contributed by atoms with E-state index >= 15 is 0 Å². The molecule has 0 saturated heterocycles. The lowest BCUT2D eigenvalue weighted by Crippen LogP contribution is -2.25. The van der Waals surface area contributed by atoms with Crippen molar-refractivity contribution in [3.63, 3.8) is 0 Å². The Kier molecular flexibility index (Phi) is 6.75. The van der Waals surface area contributed by atoms with Crippen LogP contribution in [0, 0.1) is 6.92 Å². The van der Waals surface area contributed by atoms with E-state index in [2.05, 4.69) is 26.5 Å². The summed E-state index contributed by atoms with van der Waals surface area (Å²) in [5.41, 5.74) is 5.30. The maximum absolute atomic E-state index is 11.8. The Labute approximate surface area is 150 Å². The minimum absolute atomic E-state index is 0.0831. The second kappa shape index (κ2) is 9.03. The van der Waals surface area contributed by atoms with Crippen LogP contribution in [0.25, 0.3) is 6.08 Å². The van der Waals surface area contributed by atoms with E-state index in [9.17, 15) is 4.79 Å². The molecule has 0 spiro atoms. The number of nitrogens with one attached hydrogen (secondary N) is 1. The standard InChI is InChI=1S/C19H19BrN2O2/c1-14-12-17(10-11-18(14)20)24-13-19(23)22-21-15(2)8-9-16-6-4-3-5-7-16/h3-12H,13H2,1-2H3,(H,22,23)/b9-8+,21-15+. The Morgan fingerprint density at radius 1 is 1.25 bits per heavy atom. The average Bonchev–Trinajstić information content (AvgIpc) is 2.60. The molecular weight excluding hydrogens is 368 g/mol. The predicted molar refractivity (Wildman–Crippen MR) is 101 cm³/mol. The SMILES string of the molecule is CC(/C=C/c1ccccc1)=N\NC(=O)COc1ccc(Br)c(C)c1. The van der Waals surface area contributed by atoms with Gasteiger partial charge in [0.05, 0.1) is 5.71 Å². The normalized spacial score (nSPS) is 11.5. The van der Waals surface area contributed by atoms with Gasteiger partial charge in [-0.2, -0.15) is 5.10 Å². The van der Waals surface area contributed by atoms with E-state index in [0.29, 0.717) is 11.5 Å². The Morgan fingerprint density at radius 3 is 2.71 bits per heavy atom. The van der Waals surface area contributed by atoms with Crippen molar-refractivity contribution >= 4 is 33.6 Å². The zero-order valence-corrected chi connectivity index (χ0v) is 15.2. The number of hydrogen-bond acceptors (Lipinski definition) is 3. The Bertz CT molecular complexity index is 755. The molecule has 1 amide bonds. The summed E-state index contributed by atoms with van der Waals surface area (Å²) in [7, 11) is 0. The van der Waals surface area contributed by atoms with Crippen LogP contribution >= 0.6 is 15.9 Å². The van der Waals surface area contributed by atoms with Crippen LogP contribution in [-0.4, -0.2) is 18.2 Å². The Hall–Kier alpha value is -2.40. The first-order valence-corrected chi connectivity index (χ1v) is 8.29. The molecule has 2 aromatic rings. The second-order valence-corrected chi connectivity index (χ2v) is 6.09. The van der Waals surface area contributed by atoms with Crippen LogP contribution in [0.5, 0.6) is 5.75 Å². The highest BCUT2D eigenvalue weighted by Gasteiger charge is 2.03. The van der Waals surface area contributed by atoms with Crippen LogP contribution < -0.4 is 10.2 Å². The molecule has 0 heterocycles. The van der Waals surface area contributed by atoms with Gasteiger partial charge >= 0.3 is 0 Å². The summed E-state index contributed by atoms with van der Waals surface area (Å²) in [5.74, 6) is 0.346. The van der Waals surface area contributed by atoms with E-state index in [1.165, 1.54) is 0 Å². The Morgan fingerprint density at radius 2 is 2.00 bits per heavy atom. The molecule has 5 heteroatoms.